The van der Waals surface area contributed by atoms with Gasteiger partial charge in [-0.2, -0.15) is 5.26 Å². The Morgan fingerprint density at radius 3 is 2.79 bits per heavy atom. The van der Waals surface area contributed by atoms with E-state index in [-0.39, 0.29) is 11.9 Å². The summed E-state index contributed by atoms with van der Waals surface area (Å²) < 4.78 is 11.1. The quantitative estimate of drug-likeness (QED) is 0.677. The Labute approximate surface area is 165 Å². The van der Waals surface area contributed by atoms with Gasteiger partial charge in [0.1, 0.15) is 0 Å². The molecule has 1 unspecified atom stereocenters. The molecule has 1 aliphatic rings. The lowest BCUT2D eigenvalue weighted by Gasteiger charge is -2.17. The van der Waals surface area contributed by atoms with E-state index in [0.29, 0.717) is 50.5 Å². The zero-order valence-corrected chi connectivity index (χ0v) is 16.1. The number of unbranched alkanes of at least 4 members (excludes halogenated alkanes) is 1. The summed E-state index contributed by atoms with van der Waals surface area (Å²) >= 11 is 0. The number of benzene rings is 2. The van der Waals surface area contributed by atoms with Gasteiger partial charge in [-0.25, -0.2) is 0 Å². The van der Waals surface area contributed by atoms with Crippen LogP contribution in [0.15, 0.2) is 48.5 Å². The first kappa shape index (κ1) is 19.7. The highest BCUT2D eigenvalue weighted by Crippen LogP contribution is 2.28. The average Bonchev–Trinajstić information content (AvgIpc) is 3.11. The van der Waals surface area contributed by atoms with Crippen LogP contribution < -0.4 is 19.7 Å². The summed E-state index contributed by atoms with van der Waals surface area (Å²) in [5, 5.41) is 12.1. The molecule has 3 rings (SSSR count). The first-order valence-corrected chi connectivity index (χ1v) is 9.46. The van der Waals surface area contributed by atoms with Gasteiger partial charge in [0.15, 0.2) is 11.5 Å². The fourth-order valence-electron chi connectivity index (χ4n) is 3.24. The van der Waals surface area contributed by atoms with Gasteiger partial charge in [0.05, 0.1) is 19.8 Å². The van der Waals surface area contributed by atoms with Gasteiger partial charge in [0.2, 0.25) is 5.91 Å². The molecule has 1 amide bonds. The summed E-state index contributed by atoms with van der Waals surface area (Å²) in [6.45, 7) is 1.78. The zero-order valence-electron chi connectivity index (χ0n) is 16.1. The van der Waals surface area contributed by atoms with Crippen molar-refractivity contribution in [2.45, 2.75) is 31.8 Å². The summed E-state index contributed by atoms with van der Waals surface area (Å²) in [4.78, 5) is 14.2. The molecule has 0 spiro atoms. The third kappa shape index (κ3) is 5.02. The van der Waals surface area contributed by atoms with Crippen molar-refractivity contribution in [3.8, 4) is 17.6 Å². The Morgan fingerprint density at radius 1 is 1.21 bits per heavy atom. The lowest BCUT2D eigenvalue weighted by Crippen LogP contribution is -2.32. The van der Waals surface area contributed by atoms with E-state index in [1.54, 1.807) is 7.11 Å². The number of carbonyl (C=O) groups is 1. The van der Waals surface area contributed by atoms with Crippen molar-refractivity contribution in [2.75, 3.05) is 25.2 Å². The second-order valence-electron chi connectivity index (χ2n) is 6.72. The fourth-order valence-corrected chi connectivity index (χ4v) is 3.24. The van der Waals surface area contributed by atoms with Crippen LogP contribution in [0.25, 0.3) is 0 Å². The van der Waals surface area contributed by atoms with Crippen molar-refractivity contribution in [3.63, 3.8) is 0 Å². The second-order valence-corrected chi connectivity index (χ2v) is 6.72. The molecule has 6 heteroatoms. The van der Waals surface area contributed by atoms with Crippen LogP contribution >= 0.6 is 0 Å². The van der Waals surface area contributed by atoms with Crippen molar-refractivity contribution >= 4 is 11.6 Å². The van der Waals surface area contributed by atoms with Crippen LogP contribution in [0, 0.1) is 11.3 Å². The number of carbonyl (C=O) groups excluding carboxylic acids is 1. The van der Waals surface area contributed by atoms with Gasteiger partial charge >= 0.3 is 0 Å². The largest absolute Gasteiger partial charge is 0.493 e. The maximum absolute atomic E-state index is 12.3. The van der Waals surface area contributed by atoms with E-state index in [4.69, 9.17) is 14.7 Å². The fraction of sp³-hybridized carbons (Fsp3) is 0.364. The Balaban J connectivity index is 1.57. The third-order valence-corrected chi connectivity index (χ3v) is 4.71. The minimum Gasteiger partial charge on any atom is -0.493 e. The first-order valence-electron chi connectivity index (χ1n) is 9.46. The minimum atomic E-state index is 0.106. The Bertz CT molecular complexity index is 833. The van der Waals surface area contributed by atoms with Crippen molar-refractivity contribution < 1.29 is 14.3 Å². The highest BCUT2D eigenvalue weighted by atomic mass is 16.5. The molecule has 0 bridgehead atoms. The number of anilines is 1. The number of amides is 1. The van der Waals surface area contributed by atoms with Gasteiger partial charge in [-0.05, 0) is 36.2 Å². The van der Waals surface area contributed by atoms with Crippen LogP contribution in [-0.4, -0.2) is 32.2 Å². The molecule has 1 heterocycles. The molecule has 2 aromatic rings. The van der Waals surface area contributed by atoms with Crippen LogP contribution in [0.5, 0.6) is 11.5 Å². The van der Waals surface area contributed by atoms with E-state index in [1.807, 2.05) is 53.4 Å². The number of methoxy groups -OCH3 is 1. The lowest BCUT2D eigenvalue weighted by molar-refractivity contribution is -0.117. The van der Waals surface area contributed by atoms with Crippen LogP contribution in [0.3, 0.4) is 0 Å². The molecule has 0 saturated carbocycles. The van der Waals surface area contributed by atoms with Crippen molar-refractivity contribution in [2.24, 2.45) is 0 Å². The number of ether oxygens (including phenoxy) is 2. The first-order chi connectivity index (χ1) is 13.7. The van der Waals surface area contributed by atoms with Gasteiger partial charge in [-0.3, -0.25) is 4.79 Å². The smallest absolute Gasteiger partial charge is 0.228 e. The van der Waals surface area contributed by atoms with Crippen LogP contribution in [0.4, 0.5) is 5.69 Å². The lowest BCUT2D eigenvalue weighted by atomic mass is 10.1. The van der Waals surface area contributed by atoms with E-state index in [0.717, 1.165) is 11.3 Å². The highest BCUT2D eigenvalue weighted by molar-refractivity contribution is 5.96. The van der Waals surface area contributed by atoms with Gasteiger partial charge in [0, 0.05) is 37.7 Å². The number of nitrogens with zero attached hydrogens (tertiary/aromatic N) is 2. The Kier molecular flexibility index (Phi) is 6.88. The van der Waals surface area contributed by atoms with Crippen molar-refractivity contribution in [1.29, 1.82) is 5.26 Å². The van der Waals surface area contributed by atoms with E-state index in [2.05, 4.69) is 11.4 Å². The van der Waals surface area contributed by atoms with E-state index in [1.165, 1.54) is 0 Å². The maximum atomic E-state index is 12.3. The number of nitrogens with one attached hydrogen (secondary N) is 1. The summed E-state index contributed by atoms with van der Waals surface area (Å²) in [6, 6.07) is 17.8. The molecule has 146 valence electrons. The number of hydrogen-bond acceptors (Lipinski definition) is 5. The van der Waals surface area contributed by atoms with E-state index >= 15 is 0 Å². The number of para-hydroxylation sites is 1. The molecule has 0 aliphatic carbocycles. The van der Waals surface area contributed by atoms with Crippen LogP contribution in [0.2, 0.25) is 0 Å². The number of nitriles is 1. The Hall–Kier alpha value is -3.04. The van der Waals surface area contributed by atoms with Crippen molar-refractivity contribution in [1.82, 2.24) is 5.32 Å². The van der Waals surface area contributed by atoms with E-state index < -0.39 is 0 Å². The van der Waals surface area contributed by atoms with Crippen molar-refractivity contribution in [3.05, 3.63) is 54.1 Å². The van der Waals surface area contributed by atoms with Gasteiger partial charge in [0.25, 0.3) is 0 Å². The molecule has 6 nitrogen and oxygen atoms in total. The van der Waals surface area contributed by atoms with Gasteiger partial charge in [-0.1, -0.05) is 24.3 Å². The average molecular weight is 379 g/mol. The molecular weight excluding hydrogens is 354 g/mol. The number of rotatable bonds is 9. The SMILES string of the molecule is COc1ccc(CNC2CC(=O)N(c3ccccc3)C2)cc1OCCCC#N. The molecule has 2 aromatic carbocycles. The standard InChI is InChI=1S/C22H25N3O3/c1-27-20-10-9-17(13-21(20)28-12-6-5-11-23)15-24-18-14-22(26)25(16-18)19-7-3-2-4-8-19/h2-4,7-10,13,18,24H,5-6,12,14-16H2,1H3. The summed E-state index contributed by atoms with van der Waals surface area (Å²) in [5.74, 6) is 1.49. The predicted molar refractivity (Wildman–Crippen MR) is 107 cm³/mol. The predicted octanol–water partition coefficient (Wildman–Crippen LogP) is 3.27. The molecule has 0 aromatic heterocycles. The molecule has 1 fully saturated rings. The summed E-state index contributed by atoms with van der Waals surface area (Å²) in [7, 11) is 1.61. The highest BCUT2D eigenvalue weighted by Gasteiger charge is 2.30. The molecule has 28 heavy (non-hydrogen) atoms. The summed E-state index contributed by atoms with van der Waals surface area (Å²) in [5.41, 5.74) is 2.00. The van der Waals surface area contributed by atoms with Crippen LogP contribution in [-0.2, 0) is 11.3 Å². The molecule has 1 N–H and O–H groups in total. The maximum Gasteiger partial charge on any atom is 0.228 e. The van der Waals surface area contributed by atoms with E-state index in [9.17, 15) is 4.79 Å². The monoisotopic (exact) mass is 379 g/mol. The Morgan fingerprint density at radius 2 is 2.04 bits per heavy atom. The topological polar surface area (TPSA) is 74.6 Å². The number of hydrogen-bond donors (Lipinski definition) is 1. The molecule has 1 saturated heterocycles. The molecule has 1 atom stereocenters. The molecule has 1 aliphatic heterocycles. The second kappa shape index (κ2) is 9.77. The van der Waals surface area contributed by atoms with Gasteiger partial charge < -0.3 is 19.7 Å². The zero-order chi connectivity index (χ0) is 19.8. The third-order valence-electron chi connectivity index (χ3n) is 4.71. The normalized spacial score (nSPS) is 16.1. The molecular formula is C22H25N3O3. The van der Waals surface area contributed by atoms with Crippen LogP contribution in [0.1, 0.15) is 24.8 Å². The van der Waals surface area contributed by atoms with Gasteiger partial charge in [-0.15, -0.1) is 0 Å². The summed E-state index contributed by atoms with van der Waals surface area (Å²) in [6.07, 6.45) is 1.64. The minimum absolute atomic E-state index is 0.106. The molecule has 0 radical (unpaired) electrons.